The second-order valence-electron chi connectivity index (χ2n) is 8.11. The molecule has 0 aliphatic carbocycles. The summed E-state index contributed by atoms with van der Waals surface area (Å²) in [5, 5.41) is 11.7. The minimum atomic E-state index is -0.921. The lowest BCUT2D eigenvalue weighted by Crippen LogP contribution is -2.29. The summed E-state index contributed by atoms with van der Waals surface area (Å²) in [6.45, 7) is 1.98. The molecule has 35 heavy (non-hydrogen) atoms. The van der Waals surface area contributed by atoms with Crippen molar-refractivity contribution >= 4 is 44.1 Å². The van der Waals surface area contributed by atoms with Gasteiger partial charge in [-0.1, -0.05) is 35.6 Å². The smallest absolute Gasteiger partial charge is 0.301 e. The molecule has 0 saturated carbocycles. The van der Waals surface area contributed by atoms with E-state index in [1.54, 1.807) is 55.6 Å². The van der Waals surface area contributed by atoms with E-state index < -0.39 is 17.7 Å². The van der Waals surface area contributed by atoms with Gasteiger partial charge in [0.2, 0.25) is 0 Å². The highest BCUT2D eigenvalue weighted by molar-refractivity contribution is 7.22. The molecule has 1 aliphatic heterocycles. The van der Waals surface area contributed by atoms with Crippen LogP contribution in [-0.4, -0.2) is 36.0 Å². The summed E-state index contributed by atoms with van der Waals surface area (Å²) in [7, 11) is 3.07. The van der Waals surface area contributed by atoms with E-state index in [4.69, 9.17) is 9.47 Å². The minimum Gasteiger partial charge on any atom is -0.507 e. The fourth-order valence-electron chi connectivity index (χ4n) is 4.24. The summed E-state index contributed by atoms with van der Waals surface area (Å²) in [6.07, 6.45) is 0. The predicted octanol–water partition coefficient (Wildman–Crippen LogP) is 5.25. The molecular formula is C27H22N2O5S. The van der Waals surface area contributed by atoms with Gasteiger partial charge >= 0.3 is 5.91 Å². The lowest BCUT2D eigenvalue weighted by molar-refractivity contribution is -0.132. The number of para-hydroxylation sites is 1. The number of Topliss-reactive ketones (excluding diaryl/α,β-unsaturated/α-hetero) is 1. The van der Waals surface area contributed by atoms with Gasteiger partial charge in [0.05, 0.1) is 30.0 Å². The summed E-state index contributed by atoms with van der Waals surface area (Å²) >= 11 is 1.32. The third-order valence-electron chi connectivity index (χ3n) is 5.98. The number of aliphatic hydroxyl groups excluding tert-OH is 1. The molecule has 0 spiro atoms. The van der Waals surface area contributed by atoms with E-state index in [0.29, 0.717) is 27.8 Å². The van der Waals surface area contributed by atoms with Gasteiger partial charge in [0, 0.05) is 11.1 Å². The molecule has 2 heterocycles. The molecule has 0 unspecified atom stereocenters. The van der Waals surface area contributed by atoms with Gasteiger partial charge in [-0.25, -0.2) is 4.98 Å². The number of nitrogens with zero attached hydrogens (tertiary/aromatic N) is 2. The van der Waals surface area contributed by atoms with Crippen molar-refractivity contribution in [3.63, 3.8) is 0 Å². The van der Waals surface area contributed by atoms with E-state index in [1.165, 1.54) is 23.3 Å². The number of hydrogen-bond acceptors (Lipinski definition) is 7. The van der Waals surface area contributed by atoms with E-state index >= 15 is 0 Å². The number of amides is 1. The molecule has 1 atom stereocenters. The molecule has 5 rings (SSSR count). The standard InChI is InChI=1S/C27H22N2O5S/c1-15-8-13-19-21(14-15)35-27(28-19)29-23(18-6-4-5-7-20(18)34-3)22(25(31)26(29)32)24(30)16-9-11-17(33-2)12-10-16/h4-14,23,30H,1-3H3/b24-22+/t23-/m1/s1. The SMILES string of the molecule is COc1ccc(/C(O)=C2\C(=O)C(=O)N(c3nc4ccc(C)cc4s3)[C@@H]2c2ccccc2OC)cc1. The van der Waals surface area contributed by atoms with Crippen molar-refractivity contribution in [3.05, 3.63) is 89.0 Å². The number of thiazole rings is 1. The maximum absolute atomic E-state index is 13.4. The Bertz CT molecular complexity index is 1490. The number of aromatic nitrogens is 1. The number of carbonyl (C=O) groups excluding carboxylic acids is 2. The number of aryl methyl sites for hydroxylation is 1. The van der Waals surface area contributed by atoms with Gasteiger partial charge in [-0.15, -0.1) is 0 Å². The highest BCUT2D eigenvalue weighted by Gasteiger charge is 2.49. The molecule has 0 bridgehead atoms. The van der Waals surface area contributed by atoms with Crippen molar-refractivity contribution in [2.24, 2.45) is 0 Å². The monoisotopic (exact) mass is 486 g/mol. The number of aliphatic hydroxyl groups is 1. The Morgan fingerprint density at radius 3 is 2.46 bits per heavy atom. The first-order chi connectivity index (χ1) is 16.9. The molecule has 3 aromatic carbocycles. The van der Waals surface area contributed by atoms with E-state index in [9.17, 15) is 14.7 Å². The third-order valence-corrected chi connectivity index (χ3v) is 7.00. The number of carbonyl (C=O) groups is 2. The average Bonchev–Trinajstić information content (AvgIpc) is 3.41. The van der Waals surface area contributed by atoms with Gasteiger partial charge in [0.15, 0.2) is 5.13 Å². The molecular weight excluding hydrogens is 464 g/mol. The topological polar surface area (TPSA) is 89.0 Å². The molecule has 1 aliphatic rings. The van der Waals surface area contributed by atoms with Crippen LogP contribution >= 0.6 is 11.3 Å². The number of ether oxygens (including phenoxy) is 2. The fraction of sp³-hybridized carbons (Fsp3) is 0.148. The van der Waals surface area contributed by atoms with Crippen molar-refractivity contribution in [2.75, 3.05) is 19.1 Å². The second-order valence-corrected chi connectivity index (χ2v) is 9.12. The maximum Gasteiger partial charge on any atom is 0.301 e. The van der Waals surface area contributed by atoms with Gasteiger partial charge in [0.25, 0.3) is 5.78 Å². The molecule has 4 aromatic rings. The number of hydrogen-bond donors (Lipinski definition) is 1. The first-order valence-electron chi connectivity index (χ1n) is 10.9. The Kier molecular flexibility index (Phi) is 5.74. The molecule has 1 fully saturated rings. The van der Waals surface area contributed by atoms with Crippen molar-refractivity contribution < 1.29 is 24.2 Å². The Morgan fingerprint density at radius 1 is 1.00 bits per heavy atom. The third kappa shape index (κ3) is 3.81. The quantitative estimate of drug-likeness (QED) is 0.236. The Balaban J connectivity index is 1.74. The highest BCUT2D eigenvalue weighted by atomic mass is 32.1. The van der Waals surface area contributed by atoms with Crippen LogP contribution in [0.2, 0.25) is 0 Å². The van der Waals surface area contributed by atoms with Crippen molar-refractivity contribution in [3.8, 4) is 11.5 Å². The van der Waals surface area contributed by atoms with Gasteiger partial charge in [-0.05, 0) is 55.0 Å². The van der Waals surface area contributed by atoms with E-state index in [-0.39, 0.29) is 11.3 Å². The molecule has 1 aromatic heterocycles. The van der Waals surface area contributed by atoms with Crippen molar-refractivity contribution in [1.82, 2.24) is 4.98 Å². The van der Waals surface area contributed by atoms with Gasteiger partial charge < -0.3 is 14.6 Å². The summed E-state index contributed by atoms with van der Waals surface area (Å²) in [5.74, 6) is -0.729. The minimum absolute atomic E-state index is 0.0277. The molecule has 1 saturated heterocycles. The van der Waals surface area contributed by atoms with Crippen LogP contribution in [0, 0.1) is 6.92 Å². The number of ketones is 1. The van der Waals surface area contributed by atoms with E-state index in [2.05, 4.69) is 4.98 Å². The number of rotatable bonds is 5. The number of anilines is 1. The van der Waals surface area contributed by atoms with Crippen LogP contribution in [0.5, 0.6) is 11.5 Å². The number of methoxy groups -OCH3 is 2. The van der Waals surface area contributed by atoms with Crippen LogP contribution in [0.25, 0.3) is 16.0 Å². The zero-order valence-electron chi connectivity index (χ0n) is 19.3. The van der Waals surface area contributed by atoms with Crippen LogP contribution < -0.4 is 14.4 Å². The lowest BCUT2D eigenvalue weighted by Gasteiger charge is -2.24. The second kappa shape index (κ2) is 8.88. The molecule has 1 N–H and O–H groups in total. The molecule has 1 amide bonds. The van der Waals surface area contributed by atoms with Crippen LogP contribution in [0.1, 0.15) is 22.7 Å². The Labute approximate surface area is 205 Å². The van der Waals surface area contributed by atoms with Crippen LogP contribution in [0.4, 0.5) is 5.13 Å². The fourth-order valence-corrected chi connectivity index (χ4v) is 5.33. The number of benzene rings is 3. The summed E-state index contributed by atoms with van der Waals surface area (Å²) in [6, 6.07) is 18.7. The first kappa shape index (κ1) is 22.6. The van der Waals surface area contributed by atoms with Crippen LogP contribution in [0.15, 0.2) is 72.3 Å². The molecule has 8 heteroatoms. The molecule has 176 valence electrons. The zero-order chi connectivity index (χ0) is 24.7. The van der Waals surface area contributed by atoms with Crippen LogP contribution in [-0.2, 0) is 9.59 Å². The van der Waals surface area contributed by atoms with Crippen molar-refractivity contribution in [2.45, 2.75) is 13.0 Å². The lowest BCUT2D eigenvalue weighted by atomic mass is 9.94. The van der Waals surface area contributed by atoms with Gasteiger partial charge in [0.1, 0.15) is 23.3 Å². The highest BCUT2D eigenvalue weighted by Crippen LogP contribution is 2.46. The largest absolute Gasteiger partial charge is 0.507 e. The summed E-state index contributed by atoms with van der Waals surface area (Å²) in [4.78, 5) is 32.8. The predicted molar refractivity (Wildman–Crippen MR) is 135 cm³/mol. The molecule has 7 nitrogen and oxygen atoms in total. The maximum atomic E-state index is 13.4. The van der Waals surface area contributed by atoms with Crippen LogP contribution in [0.3, 0.4) is 0 Å². The Hall–Kier alpha value is -4.17. The zero-order valence-corrected chi connectivity index (χ0v) is 20.1. The normalized spacial score (nSPS) is 17.2. The average molecular weight is 487 g/mol. The summed E-state index contributed by atoms with van der Waals surface area (Å²) in [5.41, 5.74) is 2.73. The van der Waals surface area contributed by atoms with E-state index in [1.807, 2.05) is 25.1 Å². The number of fused-ring (bicyclic) bond motifs is 1. The van der Waals surface area contributed by atoms with Crippen molar-refractivity contribution in [1.29, 1.82) is 0 Å². The Morgan fingerprint density at radius 2 is 1.74 bits per heavy atom. The van der Waals surface area contributed by atoms with Gasteiger partial charge in [-0.2, -0.15) is 0 Å². The van der Waals surface area contributed by atoms with E-state index in [0.717, 1.165) is 15.8 Å². The summed E-state index contributed by atoms with van der Waals surface area (Å²) < 4.78 is 11.7. The molecule has 0 radical (unpaired) electrons. The first-order valence-corrected chi connectivity index (χ1v) is 11.7. The van der Waals surface area contributed by atoms with Gasteiger partial charge in [-0.3, -0.25) is 14.5 Å².